The molecule has 3 rings (SSSR count). The summed E-state index contributed by atoms with van der Waals surface area (Å²) in [5.74, 6) is 0.900. The van der Waals surface area contributed by atoms with Crippen molar-refractivity contribution in [3.63, 3.8) is 0 Å². The van der Waals surface area contributed by atoms with Gasteiger partial charge in [-0.2, -0.15) is 0 Å². The highest BCUT2D eigenvalue weighted by Crippen LogP contribution is 2.24. The summed E-state index contributed by atoms with van der Waals surface area (Å²) in [5, 5.41) is 0. The van der Waals surface area contributed by atoms with Gasteiger partial charge in [-0.25, -0.2) is 4.98 Å². The highest BCUT2D eigenvalue weighted by Gasteiger charge is 2.05. The number of thioether (sulfide) groups is 1. The molecule has 0 unspecified atom stereocenters. The van der Waals surface area contributed by atoms with Crippen molar-refractivity contribution in [3.05, 3.63) is 42.5 Å². The van der Waals surface area contributed by atoms with E-state index in [2.05, 4.69) is 41.0 Å². The normalized spacial score (nSPS) is 11.0. The van der Waals surface area contributed by atoms with Crippen LogP contribution in [0.4, 0.5) is 0 Å². The monoisotopic (exact) mass is 272 g/mol. The highest BCUT2D eigenvalue weighted by atomic mass is 32.2. The third-order valence-corrected chi connectivity index (χ3v) is 3.85. The zero-order valence-electron chi connectivity index (χ0n) is 9.84. The summed E-state index contributed by atoms with van der Waals surface area (Å²) in [4.78, 5) is 10.2. The number of aromatic nitrogens is 2. The molecular formula is C14H12N2S2. The highest BCUT2D eigenvalue weighted by molar-refractivity contribution is 7.98. The van der Waals surface area contributed by atoms with Crippen molar-refractivity contribution in [2.75, 3.05) is 6.26 Å². The maximum Gasteiger partial charge on any atom is 0.138 e. The second-order valence-electron chi connectivity index (χ2n) is 4.02. The lowest BCUT2D eigenvalue weighted by Gasteiger charge is -1.96. The fraction of sp³-hybridized carbons (Fsp3) is 0.0714. The second-order valence-corrected chi connectivity index (χ2v) is 5.41. The average molecular weight is 272 g/mol. The summed E-state index contributed by atoms with van der Waals surface area (Å²) in [6.45, 7) is 0. The van der Waals surface area contributed by atoms with Gasteiger partial charge in [-0.3, -0.25) is 0 Å². The first-order valence-corrected chi connectivity index (χ1v) is 7.26. The van der Waals surface area contributed by atoms with Gasteiger partial charge in [0.2, 0.25) is 0 Å². The first kappa shape index (κ1) is 11.7. The number of aromatic amines is 1. The van der Waals surface area contributed by atoms with Crippen molar-refractivity contribution in [3.8, 4) is 11.4 Å². The molecule has 1 heterocycles. The molecule has 90 valence electrons. The summed E-state index contributed by atoms with van der Waals surface area (Å²) >= 11 is 6.02. The van der Waals surface area contributed by atoms with Crippen molar-refractivity contribution in [2.24, 2.45) is 0 Å². The molecule has 3 aromatic rings. The predicted octanol–water partition coefficient (Wildman–Crippen LogP) is 4.24. The quantitative estimate of drug-likeness (QED) is 0.539. The minimum absolute atomic E-state index is 0.900. The molecule has 0 bridgehead atoms. The summed E-state index contributed by atoms with van der Waals surface area (Å²) in [6.07, 6.45) is 2.07. The van der Waals surface area contributed by atoms with E-state index in [1.807, 2.05) is 30.3 Å². The van der Waals surface area contributed by atoms with E-state index in [1.165, 1.54) is 4.90 Å². The molecular weight excluding hydrogens is 260 g/mol. The molecule has 2 aromatic carbocycles. The number of H-pyrrole nitrogens is 1. The van der Waals surface area contributed by atoms with E-state index in [1.54, 1.807) is 11.8 Å². The Kier molecular flexibility index (Phi) is 3.06. The van der Waals surface area contributed by atoms with Crippen LogP contribution in [0.5, 0.6) is 0 Å². The Morgan fingerprint density at radius 1 is 1.11 bits per heavy atom. The largest absolute Gasteiger partial charge is 0.338 e. The summed E-state index contributed by atoms with van der Waals surface area (Å²) < 4.78 is 0. The molecule has 1 aromatic heterocycles. The first-order valence-electron chi connectivity index (χ1n) is 5.59. The molecule has 4 heteroatoms. The molecule has 1 N–H and O–H groups in total. The van der Waals surface area contributed by atoms with Gasteiger partial charge >= 0.3 is 0 Å². The number of hydrogen-bond donors (Lipinski definition) is 2. The average Bonchev–Trinajstić information content (AvgIpc) is 2.82. The molecule has 0 fully saturated rings. The molecule has 0 radical (unpaired) electrons. The maximum absolute atomic E-state index is 4.60. The molecule has 0 atom stereocenters. The van der Waals surface area contributed by atoms with E-state index in [9.17, 15) is 0 Å². The van der Waals surface area contributed by atoms with Crippen molar-refractivity contribution >= 4 is 35.4 Å². The van der Waals surface area contributed by atoms with Crippen LogP contribution in [0, 0.1) is 0 Å². The van der Waals surface area contributed by atoms with E-state index >= 15 is 0 Å². The fourth-order valence-electron chi connectivity index (χ4n) is 1.87. The number of imidazole rings is 1. The molecule has 0 amide bonds. The Balaban J connectivity index is 2.10. The molecule has 0 saturated carbocycles. The molecule has 0 saturated heterocycles. The summed E-state index contributed by atoms with van der Waals surface area (Å²) in [7, 11) is 0. The van der Waals surface area contributed by atoms with Crippen LogP contribution < -0.4 is 0 Å². The van der Waals surface area contributed by atoms with Crippen molar-refractivity contribution in [1.82, 2.24) is 9.97 Å². The standard InChI is InChI=1S/C14H12N2S2/c1-18-11-6-7-12-13(8-11)16-14(15-12)9-2-4-10(17)5-3-9/h2-8,17H,1H3,(H,15,16). The van der Waals surface area contributed by atoms with Gasteiger partial charge in [0.25, 0.3) is 0 Å². The van der Waals surface area contributed by atoms with E-state index in [4.69, 9.17) is 0 Å². The lowest BCUT2D eigenvalue weighted by atomic mass is 10.2. The smallest absolute Gasteiger partial charge is 0.138 e. The number of nitrogens with one attached hydrogen (secondary N) is 1. The van der Waals surface area contributed by atoms with Gasteiger partial charge in [0.05, 0.1) is 11.0 Å². The van der Waals surface area contributed by atoms with Crippen LogP contribution in [-0.4, -0.2) is 16.2 Å². The number of hydrogen-bond acceptors (Lipinski definition) is 3. The first-order chi connectivity index (χ1) is 8.76. The molecule has 0 aliphatic heterocycles. The second kappa shape index (κ2) is 4.71. The predicted molar refractivity (Wildman–Crippen MR) is 80.6 cm³/mol. The number of rotatable bonds is 2. The van der Waals surface area contributed by atoms with Gasteiger partial charge in [-0.1, -0.05) is 12.1 Å². The van der Waals surface area contributed by atoms with Crippen LogP contribution in [0.2, 0.25) is 0 Å². The Morgan fingerprint density at radius 3 is 2.61 bits per heavy atom. The van der Waals surface area contributed by atoms with E-state index in [0.29, 0.717) is 0 Å². The van der Waals surface area contributed by atoms with Gasteiger partial charge in [-0.05, 0) is 36.6 Å². The molecule has 0 aliphatic carbocycles. The van der Waals surface area contributed by atoms with E-state index in [0.717, 1.165) is 27.3 Å². The number of fused-ring (bicyclic) bond motifs is 1. The van der Waals surface area contributed by atoms with Gasteiger partial charge in [0.15, 0.2) is 0 Å². The van der Waals surface area contributed by atoms with Gasteiger partial charge in [0.1, 0.15) is 5.82 Å². The number of benzene rings is 2. The Hall–Kier alpha value is -1.39. The number of thiol groups is 1. The number of nitrogens with zero attached hydrogens (tertiary/aromatic N) is 1. The third kappa shape index (κ3) is 2.13. The van der Waals surface area contributed by atoms with Gasteiger partial charge < -0.3 is 4.98 Å². The van der Waals surface area contributed by atoms with Crippen LogP contribution in [-0.2, 0) is 0 Å². The van der Waals surface area contributed by atoms with E-state index < -0.39 is 0 Å². The Morgan fingerprint density at radius 2 is 1.89 bits per heavy atom. The SMILES string of the molecule is CSc1ccc2nc(-c3ccc(S)cc3)[nH]c2c1. The fourth-order valence-corrected chi connectivity index (χ4v) is 2.46. The Labute approximate surface area is 115 Å². The van der Waals surface area contributed by atoms with Crippen LogP contribution in [0.25, 0.3) is 22.4 Å². The topological polar surface area (TPSA) is 28.7 Å². The van der Waals surface area contributed by atoms with Gasteiger partial charge in [0, 0.05) is 15.4 Å². The maximum atomic E-state index is 4.60. The van der Waals surface area contributed by atoms with Crippen molar-refractivity contribution in [2.45, 2.75) is 9.79 Å². The van der Waals surface area contributed by atoms with Crippen molar-refractivity contribution in [1.29, 1.82) is 0 Å². The molecule has 0 aliphatic rings. The third-order valence-electron chi connectivity index (χ3n) is 2.83. The van der Waals surface area contributed by atoms with Crippen molar-refractivity contribution < 1.29 is 0 Å². The Bertz CT molecular complexity index is 687. The summed E-state index contributed by atoms with van der Waals surface area (Å²) in [6, 6.07) is 14.3. The summed E-state index contributed by atoms with van der Waals surface area (Å²) in [5.41, 5.74) is 3.15. The zero-order chi connectivity index (χ0) is 12.5. The van der Waals surface area contributed by atoms with Crippen LogP contribution >= 0.6 is 24.4 Å². The lowest BCUT2D eigenvalue weighted by Crippen LogP contribution is -1.79. The van der Waals surface area contributed by atoms with Gasteiger partial charge in [-0.15, -0.1) is 24.4 Å². The molecule has 18 heavy (non-hydrogen) atoms. The minimum atomic E-state index is 0.900. The minimum Gasteiger partial charge on any atom is -0.338 e. The molecule has 0 spiro atoms. The van der Waals surface area contributed by atoms with Crippen LogP contribution in [0.15, 0.2) is 52.3 Å². The molecule has 2 nitrogen and oxygen atoms in total. The van der Waals surface area contributed by atoms with E-state index in [-0.39, 0.29) is 0 Å². The lowest BCUT2D eigenvalue weighted by molar-refractivity contribution is 1.32. The van der Waals surface area contributed by atoms with Crippen LogP contribution in [0.1, 0.15) is 0 Å². The van der Waals surface area contributed by atoms with Crippen LogP contribution in [0.3, 0.4) is 0 Å². The zero-order valence-corrected chi connectivity index (χ0v) is 11.6.